The number of amides is 6. The summed E-state index contributed by atoms with van der Waals surface area (Å²) >= 11 is 0. The zero-order valence-electron chi connectivity index (χ0n) is 28.8. The Hall–Kier alpha value is -4.03. The first-order chi connectivity index (χ1) is 23.5. The van der Waals surface area contributed by atoms with E-state index in [1.807, 2.05) is 0 Å². The summed E-state index contributed by atoms with van der Waals surface area (Å²) in [4.78, 5) is 61.4. The van der Waals surface area contributed by atoms with E-state index in [1.165, 1.54) is 19.1 Å². The van der Waals surface area contributed by atoms with Crippen LogP contribution in [0.1, 0.15) is 52.0 Å². The molecule has 0 unspecified atom stereocenters. The van der Waals surface area contributed by atoms with Gasteiger partial charge in [0.25, 0.3) is 5.91 Å². The van der Waals surface area contributed by atoms with Crippen molar-refractivity contribution in [3.05, 3.63) is 23.8 Å². The van der Waals surface area contributed by atoms with E-state index < -0.39 is 35.8 Å². The Bertz CT molecular complexity index is 1160. The van der Waals surface area contributed by atoms with Crippen LogP contribution in [0.3, 0.4) is 0 Å². The van der Waals surface area contributed by atoms with Gasteiger partial charge in [-0.15, -0.1) is 0 Å². The molecule has 0 bridgehead atoms. The van der Waals surface area contributed by atoms with Gasteiger partial charge in [0.2, 0.25) is 17.7 Å². The highest BCUT2D eigenvalue weighted by molar-refractivity contribution is 5.98. The van der Waals surface area contributed by atoms with Crippen molar-refractivity contribution in [3.8, 4) is 5.75 Å². The molecule has 0 aromatic heterocycles. The molecular weight excluding hydrogens is 642 g/mol. The fourth-order valence-electron chi connectivity index (χ4n) is 4.25. The molecule has 1 rings (SSSR count). The van der Waals surface area contributed by atoms with E-state index in [-0.39, 0.29) is 49.4 Å². The van der Waals surface area contributed by atoms with E-state index in [1.54, 1.807) is 19.9 Å². The third-order valence-corrected chi connectivity index (χ3v) is 6.80. The zero-order chi connectivity index (χ0) is 36.4. The summed E-state index contributed by atoms with van der Waals surface area (Å²) in [6, 6.07) is 1.91. The summed E-state index contributed by atoms with van der Waals surface area (Å²) in [7, 11) is 0. The standard InChI is InChI=1S/C32H55N7O10/c1-22(2)29(37-23(3)41)31(44)39-26(7-4-11-36-32(34)45)30(43)38-25-9-8-24(20-40)27(19-25)49-21-28(42)35-12-6-14-47-16-18-48-17-15-46-13-5-10-33/h8-9,19,22,26,29,40H,4-7,10-18,20-21,33H2,1-3H3,(H,35,42)(H,37,41)(H,38,43)(H,39,44)(H3,34,36,45)/t26-,29-/m0/s1. The Morgan fingerprint density at radius 2 is 1.47 bits per heavy atom. The number of primary amides is 1. The Kier molecular flexibility index (Phi) is 22.7. The smallest absolute Gasteiger partial charge is 0.312 e. The summed E-state index contributed by atoms with van der Waals surface area (Å²) in [5, 5.41) is 22.9. The number of carbonyl (C=O) groups is 5. The van der Waals surface area contributed by atoms with Crippen molar-refractivity contribution in [3.63, 3.8) is 0 Å². The monoisotopic (exact) mass is 697 g/mol. The lowest BCUT2D eigenvalue weighted by atomic mass is 10.0. The third-order valence-electron chi connectivity index (χ3n) is 6.80. The largest absolute Gasteiger partial charge is 0.483 e. The van der Waals surface area contributed by atoms with Crippen molar-refractivity contribution >= 4 is 35.3 Å². The van der Waals surface area contributed by atoms with Gasteiger partial charge in [-0.05, 0) is 44.2 Å². The van der Waals surface area contributed by atoms with Crippen LogP contribution in [-0.4, -0.2) is 113 Å². The maximum absolute atomic E-state index is 13.3. The van der Waals surface area contributed by atoms with Crippen LogP contribution in [0, 0.1) is 5.92 Å². The number of carbonyl (C=O) groups excluding carboxylic acids is 5. The van der Waals surface area contributed by atoms with Crippen LogP contribution >= 0.6 is 0 Å². The number of rotatable bonds is 27. The van der Waals surface area contributed by atoms with E-state index in [2.05, 4.69) is 26.6 Å². The number of anilines is 1. The van der Waals surface area contributed by atoms with Crippen LogP contribution in [0.15, 0.2) is 18.2 Å². The molecule has 49 heavy (non-hydrogen) atoms. The summed E-state index contributed by atoms with van der Waals surface area (Å²) in [5.74, 6) is -1.97. The number of benzene rings is 1. The van der Waals surface area contributed by atoms with E-state index in [0.717, 1.165) is 6.42 Å². The van der Waals surface area contributed by atoms with Crippen LogP contribution in [0.4, 0.5) is 10.5 Å². The fourth-order valence-corrected chi connectivity index (χ4v) is 4.25. The average Bonchev–Trinajstić information content (AvgIpc) is 3.05. The first kappa shape index (κ1) is 43.0. The lowest BCUT2D eigenvalue weighted by Crippen LogP contribution is -2.54. The molecule has 1 aromatic rings. The summed E-state index contributed by atoms with van der Waals surface area (Å²) < 4.78 is 21.9. The average molecular weight is 698 g/mol. The van der Waals surface area contributed by atoms with Gasteiger partial charge < -0.3 is 62.1 Å². The molecule has 0 aliphatic heterocycles. The minimum absolute atomic E-state index is 0.144. The molecule has 17 nitrogen and oxygen atoms in total. The molecule has 0 spiro atoms. The fraction of sp³-hybridized carbons (Fsp3) is 0.656. The number of aliphatic hydroxyl groups is 1. The molecule has 0 aliphatic rings. The van der Waals surface area contributed by atoms with Crippen molar-refractivity contribution < 1.29 is 48.0 Å². The highest BCUT2D eigenvalue weighted by Gasteiger charge is 2.28. The lowest BCUT2D eigenvalue weighted by molar-refractivity contribution is -0.131. The van der Waals surface area contributed by atoms with Crippen LogP contribution in [0.2, 0.25) is 0 Å². The Morgan fingerprint density at radius 3 is 2.06 bits per heavy atom. The van der Waals surface area contributed by atoms with Gasteiger partial charge >= 0.3 is 6.03 Å². The second-order valence-corrected chi connectivity index (χ2v) is 11.4. The zero-order valence-corrected chi connectivity index (χ0v) is 28.8. The van der Waals surface area contributed by atoms with E-state index in [0.29, 0.717) is 71.1 Å². The molecule has 278 valence electrons. The second kappa shape index (κ2) is 25.9. The molecule has 0 aliphatic carbocycles. The van der Waals surface area contributed by atoms with Gasteiger partial charge in [-0.25, -0.2) is 4.79 Å². The van der Waals surface area contributed by atoms with E-state index in [4.69, 9.17) is 30.4 Å². The number of nitrogens with two attached hydrogens (primary N) is 2. The molecule has 0 radical (unpaired) electrons. The lowest BCUT2D eigenvalue weighted by Gasteiger charge is -2.25. The van der Waals surface area contributed by atoms with Crippen LogP contribution in [0.5, 0.6) is 5.75 Å². The van der Waals surface area contributed by atoms with Gasteiger partial charge in [0, 0.05) is 50.5 Å². The first-order valence-corrected chi connectivity index (χ1v) is 16.5. The Balaban J connectivity index is 2.64. The molecule has 0 saturated heterocycles. The maximum atomic E-state index is 13.3. The Morgan fingerprint density at radius 1 is 0.837 bits per heavy atom. The van der Waals surface area contributed by atoms with Gasteiger partial charge in [-0.3, -0.25) is 19.2 Å². The molecule has 0 fully saturated rings. The van der Waals surface area contributed by atoms with E-state index >= 15 is 0 Å². The summed E-state index contributed by atoms with van der Waals surface area (Å²) in [5.41, 5.74) is 11.2. The molecule has 17 heteroatoms. The third kappa shape index (κ3) is 20.2. The number of aliphatic hydroxyl groups excluding tert-OH is 1. The second-order valence-electron chi connectivity index (χ2n) is 11.4. The van der Waals surface area contributed by atoms with Gasteiger partial charge in [-0.2, -0.15) is 0 Å². The molecule has 6 amide bonds. The molecule has 0 saturated carbocycles. The predicted octanol–water partition coefficient (Wildman–Crippen LogP) is -0.505. The van der Waals surface area contributed by atoms with Crippen LogP contribution in [0.25, 0.3) is 0 Å². The topological polar surface area (TPSA) is 255 Å². The molecule has 2 atom stereocenters. The minimum atomic E-state index is -1.03. The highest BCUT2D eigenvalue weighted by Crippen LogP contribution is 2.24. The normalized spacial score (nSPS) is 12.1. The van der Waals surface area contributed by atoms with E-state index in [9.17, 15) is 29.1 Å². The van der Waals surface area contributed by atoms with Crippen molar-refractivity contribution in [1.82, 2.24) is 21.3 Å². The minimum Gasteiger partial charge on any atom is -0.483 e. The van der Waals surface area contributed by atoms with Crippen LogP contribution < -0.4 is 42.8 Å². The SMILES string of the molecule is CC(=O)N[C@H](C(=O)N[C@@H](CCCNC(N)=O)C(=O)Nc1ccc(CO)c(OCC(=O)NCCCOCCOCCOCCCN)c1)C(C)C. The highest BCUT2D eigenvalue weighted by atomic mass is 16.5. The number of hydrogen-bond donors (Lipinski definition) is 8. The van der Waals surface area contributed by atoms with Crippen molar-refractivity contribution in [2.24, 2.45) is 17.4 Å². The molecule has 1 aromatic carbocycles. The molecule has 10 N–H and O–H groups in total. The Labute approximate surface area is 287 Å². The summed E-state index contributed by atoms with van der Waals surface area (Å²) in [6.45, 7) is 8.13. The molecule has 0 heterocycles. The quantitative estimate of drug-likeness (QED) is 0.0544. The first-order valence-electron chi connectivity index (χ1n) is 16.5. The van der Waals surface area contributed by atoms with Crippen molar-refractivity contribution in [2.45, 2.75) is 65.1 Å². The molecular formula is C32H55N7O10. The van der Waals surface area contributed by atoms with Crippen LogP contribution in [-0.2, 0) is 40.0 Å². The number of urea groups is 1. The number of nitrogens with one attached hydrogen (secondary N) is 5. The van der Waals surface area contributed by atoms with Crippen molar-refractivity contribution in [1.29, 1.82) is 0 Å². The van der Waals surface area contributed by atoms with Gasteiger partial charge in [0.15, 0.2) is 6.61 Å². The summed E-state index contributed by atoms with van der Waals surface area (Å²) in [6.07, 6.45) is 1.85. The van der Waals surface area contributed by atoms with Gasteiger partial charge in [0.1, 0.15) is 17.8 Å². The van der Waals surface area contributed by atoms with Gasteiger partial charge in [0.05, 0.1) is 33.0 Å². The number of hydrogen-bond acceptors (Lipinski definition) is 11. The predicted molar refractivity (Wildman–Crippen MR) is 181 cm³/mol. The maximum Gasteiger partial charge on any atom is 0.312 e. The number of ether oxygens (including phenoxy) is 4. The van der Waals surface area contributed by atoms with Gasteiger partial charge in [-0.1, -0.05) is 19.9 Å². The van der Waals surface area contributed by atoms with Crippen molar-refractivity contribution in [2.75, 3.05) is 71.2 Å².